The van der Waals surface area contributed by atoms with Crippen LogP contribution < -0.4 is 10.0 Å². The number of hydrogen-bond donors (Lipinski definition) is 0. The van der Waals surface area contributed by atoms with E-state index in [9.17, 15) is 4.57 Å². The van der Waals surface area contributed by atoms with Gasteiger partial charge in [-0.1, -0.05) is 11.5 Å². The smallest absolute Gasteiger partial charge is 0.376 e. The second kappa shape index (κ2) is 4.98. The summed E-state index contributed by atoms with van der Waals surface area (Å²) in [6, 6.07) is 7.43. The summed E-state index contributed by atoms with van der Waals surface area (Å²) < 4.78 is 16.6. The Balaban J connectivity index is 2.74. The summed E-state index contributed by atoms with van der Waals surface area (Å²) in [4.78, 5) is 0. The van der Waals surface area contributed by atoms with Gasteiger partial charge in [0.25, 0.3) is 0 Å². The molecule has 70 valence electrons. The monoisotopic (exact) mass is 197 g/mol. The highest BCUT2D eigenvalue weighted by molar-refractivity contribution is 7.53. The lowest BCUT2D eigenvalue weighted by molar-refractivity contribution is 0.415. The van der Waals surface area contributed by atoms with Crippen LogP contribution in [0.3, 0.4) is 0 Å². The van der Waals surface area contributed by atoms with Gasteiger partial charge in [-0.25, -0.2) is 0 Å². The van der Waals surface area contributed by atoms with E-state index >= 15 is 0 Å². The Morgan fingerprint density at radius 3 is 2.38 bits per heavy atom. The van der Waals surface area contributed by atoms with Gasteiger partial charge in [0.15, 0.2) is 11.5 Å². The van der Waals surface area contributed by atoms with Crippen LogP contribution >= 0.6 is 7.80 Å². The van der Waals surface area contributed by atoms with Gasteiger partial charge in [-0.15, -0.1) is 0 Å². The van der Waals surface area contributed by atoms with Gasteiger partial charge in [-0.3, -0.25) is 0 Å². The highest BCUT2D eigenvalue weighted by Crippen LogP contribution is 2.21. The molecule has 0 bridgehead atoms. The zero-order chi connectivity index (χ0) is 9.68. The predicted octanol–water partition coefficient (Wildman–Crippen LogP) is 2.56. The van der Waals surface area contributed by atoms with E-state index in [1.54, 1.807) is 7.11 Å². The maximum Gasteiger partial charge on any atom is 0.376 e. The molecular weight excluding hydrogens is 183 g/mol. The van der Waals surface area contributed by atoms with Crippen LogP contribution in [0.1, 0.15) is 13.3 Å². The quantitative estimate of drug-likeness (QED) is 0.693. The minimum Gasteiger partial charge on any atom is -0.497 e. The van der Waals surface area contributed by atoms with Crippen LogP contribution in [-0.4, -0.2) is 13.3 Å². The van der Waals surface area contributed by atoms with Crippen molar-refractivity contribution in [1.29, 1.82) is 0 Å². The van der Waals surface area contributed by atoms with Gasteiger partial charge < -0.3 is 4.74 Å². The molecule has 0 aliphatic carbocycles. The fraction of sp³-hybridized carbons (Fsp3) is 0.400. The highest BCUT2D eigenvalue weighted by atomic mass is 31.1. The van der Waals surface area contributed by atoms with Gasteiger partial charge in [-0.05, 0) is 30.7 Å². The van der Waals surface area contributed by atoms with Gasteiger partial charge in [0.05, 0.1) is 7.11 Å². The third-order valence-corrected chi connectivity index (χ3v) is 3.51. The lowest BCUT2D eigenvalue weighted by Gasteiger charge is -1.96. The molecule has 3 heteroatoms. The third-order valence-electron chi connectivity index (χ3n) is 1.79. The van der Waals surface area contributed by atoms with Crippen LogP contribution in [0.5, 0.6) is 5.75 Å². The Morgan fingerprint density at radius 2 is 1.92 bits per heavy atom. The van der Waals surface area contributed by atoms with E-state index in [1.807, 2.05) is 31.2 Å². The standard InChI is InChI=1S/C10H14O2P/c1-3-8-13(11)10-6-4-9(12-2)5-7-10/h4-7H,3,8H2,1-2H3/q+1. The van der Waals surface area contributed by atoms with Crippen LogP contribution in [0.25, 0.3) is 0 Å². The summed E-state index contributed by atoms with van der Waals surface area (Å²) >= 11 is 0. The van der Waals surface area contributed by atoms with Crippen LogP contribution in [0, 0.1) is 0 Å². The topological polar surface area (TPSA) is 26.3 Å². The van der Waals surface area contributed by atoms with Crippen molar-refractivity contribution in [1.82, 2.24) is 0 Å². The predicted molar refractivity (Wildman–Crippen MR) is 55.4 cm³/mol. The molecule has 0 aliphatic rings. The summed E-state index contributed by atoms with van der Waals surface area (Å²) in [6.45, 7) is 2.04. The number of methoxy groups -OCH3 is 1. The molecule has 0 fully saturated rings. The highest BCUT2D eigenvalue weighted by Gasteiger charge is 2.16. The second-order valence-corrected chi connectivity index (χ2v) is 4.52. The molecule has 0 saturated carbocycles. The van der Waals surface area contributed by atoms with E-state index in [0.29, 0.717) is 0 Å². The average Bonchev–Trinajstić information content (AvgIpc) is 2.18. The minimum absolute atomic E-state index is 0.766. The summed E-state index contributed by atoms with van der Waals surface area (Å²) in [5.74, 6) is 0.809. The van der Waals surface area contributed by atoms with Crippen molar-refractivity contribution in [2.75, 3.05) is 13.3 Å². The molecule has 1 aromatic carbocycles. The zero-order valence-corrected chi connectivity index (χ0v) is 8.88. The maximum atomic E-state index is 11.6. The largest absolute Gasteiger partial charge is 0.497 e. The molecule has 0 spiro atoms. The van der Waals surface area contributed by atoms with E-state index < -0.39 is 7.80 Å². The molecule has 0 amide bonds. The lowest BCUT2D eigenvalue weighted by Crippen LogP contribution is -1.97. The fourth-order valence-electron chi connectivity index (χ4n) is 1.08. The Hall–Kier alpha value is -0.880. The maximum absolute atomic E-state index is 11.6. The van der Waals surface area contributed by atoms with Gasteiger partial charge >= 0.3 is 7.80 Å². The van der Waals surface area contributed by atoms with Gasteiger partial charge in [-0.2, -0.15) is 0 Å². The Morgan fingerprint density at radius 1 is 1.31 bits per heavy atom. The molecule has 0 saturated heterocycles. The molecule has 13 heavy (non-hydrogen) atoms. The van der Waals surface area contributed by atoms with E-state index in [4.69, 9.17) is 4.74 Å². The average molecular weight is 197 g/mol. The number of hydrogen-bond acceptors (Lipinski definition) is 2. The Labute approximate surface area is 79.7 Å². The molecule has 0 N–H and O–H groups in total. The molecule has 1 unspecified atom stereocenters. The lowest BCUT2D eigenvalue weighted by atomic mass is 10.3. The van der Waals surface area contributed by atoms with Crippen LogP contribution in [0.2, 0.25) is 0 Å². The zero-order valence-electron chi connectivity index (χ0n) is 7.99. The SMILES string of the molecule is CCC[P+](=O)c1ccc(OC)cc1. The normalized spacial score (nSPS) is 11.1. The third kappa shape index (κ3) is 2.82. The van der Waals surface area contributed by atoms with Crippen molar-refractivity contribution >= 4 is 13.1 Å². The van der Waals surface area contributed by atoms with Gasteiger partial charge in [0.2, 0.25) is 0 Å². The molecule has 0 aromatic heterocycles. The molecule has 0 heterocycles. The van der Waals surface area contributed by atoms with Crippen molar-refractivity contribution < 1.29 is 9.30 Å². The first kappa shape index (κ1) is 10.2. The van der Waals surface area contributed by atoms with Crippen LogP contribution in [0.15, 0.2) is 24.3 Å². The number of ether oxygens (including phenoxy) is 1. The van der Waals surface area contributed by atoms with E-state index in [2.05, 4.69) is 0 Å². The summed E-state index contributed by atoms with van der Waals surface area (Å²) in [6.07, 6.45) is 1.73. The van der Waals surface area contributed by atoms with Gasteiger partial charge in [0.1, 0.15) is 5.75 Å². The fourth-order valence-corrected chi connectivity index (χ4v) is 2.23. The summed E-state index contributed by atoms with van der Waals surface area (Å²) in [5.41, 5.74) is 0. The van der Waals surface area contributed by atoms with Crippen LogP contribution in [0.4, 0.5) is 0 Å². The van der Waals surface area contributed by atoms with Crippen molar-refractivity contribution in [3.63, 3.8) is 0 Å². The molecular formula is C10H14O2P+. The second-order valence-electron chi connectivity index (χ2n) is 2.80. The Bertz CT molecular complexity index is 279. The van der Waals surface area contributed by atoms with Crippen molar-refractivity contribution in [2.24, 2.45) is 0 Å². The van der Waals surface area contributed by atoms with E-state index in [-0.39, 0.29) is 0 Å². The van der Waals surface area contributed by atoms with Crippen LogP contribution in [-0.2, 0) is 4.57 Å². The van der Waals surface area contributed by atoms with Crippen molar-refractivity contribution in [2.45, 2.75) is 13.3 Å². The van der Waals surface area contributed by atoms with E-state index in [0.717, 1.165) is 23.6 Å². The molecule has 1 atom stereocenters. The van der Waals surface area contributed by atoms with Crippen molar-refractivity contribution in [3.05, 3.63) is 24.3 Å². The number of benzene rings is 1. The van der Waals surface area contributed by atoms with Crippen molar-refractivity contribution in [3.8, 4) is 5.75 Å². The summed E-state index contributed by atoms with van der Waals surface area (Å²) in [5, 5.41) is 0.914. The van der Waals surface area contributed by atoms with Gasteiger partial charge in [0, 0.05) is 0 Å². The first-order chi connectivity index (χ1) is 6.27. The first-order valence-electron chi connectivity index (χ1n) is 4.36. The molecule has 1 rings (SSSR count). The molecule has 0 radical (unpaired) electrons. The molecule has 1 aromatic rings. The number of rotatable bonds is 4. The minimum atomic E-state index is -1.20. The first-order valence-corrected chi connectivity index (χ1v) is 5.81. The van der Waals surface area contributed by atoms with E-state index in [1.165, 1.54) is 0 Å². The Kier molecular flexibility index (Phi) is 3.91. The summed E-state index contributed by atoms with van der Waals surface area (Å²) in [7, 11) is 0.427. The molecule has 0 aliphatic heterocycles. The molecule has 2 nitrogen and oxygen atoms in total.